The first kappa shape index (κ1) is 9.43. The molecular weight excluding hydrogens is 244 g/mol. The van der Waals surface area contributed by atoms with E-state index in [9.17, 15) is 0 Å². The van der Waals surface area contributed by atoms with Gasteiger partial charge in [-0.1, -0.05) is 18.5 Å². The molecule has 0 bridgehead atoms. The molecule has 0 fully saturated rings. The second-order valence-corrected chi connectivity index (χ2v) is 4.60. The molecule has 0 saturated heterocycles. The maximum absolute atomic E-state index is 5.82. The van der Waals surface area contributed by atoms with Gasteiger partial charge in [-0.25, -0.2) is 0 Å². The monoisotopic (exact) mass is 250 g/mol. The molecule has 0 nitrogen and oxygen atoms in total. The first-order chi connectivity index (χ1) is 5.24. The Hall–Kier alpha value is 0.340. The topological polar surface area (TPSA) is 0 Å². The van der Waals surface area contributed by atoms with Crippen molar-refractivity contribution >= 4 is 39.3 Å². The fourth-order valence-corrected chi connectivity index (χ4v) is 2.30. The summed E-state index contributed by atoms with van der Waals surface area (Å²) < 4.78 is 1.12. The molecule has 0 aliphatic heterocycles. The summed E-state index contributed by atoms with van der Waals surface area (Å²) in [5.74, 6) is 1.07. The first-order valence-electron chi connectivity index (χ1n) is 3.32. The maximum atomic E-state index is 5.82. The predicted molar refractivity (Wildman–Crippen MR) is 55.6 cm³/mol. The van der Waals surface area contributed by atoms with Crippen LogP contribution in [0.1, 0.15) is 6.92 Å². The van der Waals surface area contributed by atoms with Crippen molar-refractivity contribution in [2.45, 2.75) is 11.8 Å². The molecule has 0 heterocycles. The molecule has 1 rings (SSSR count). The minimum Gasteiger partial charge on any atom is -0.125 e. The molecule has 1 aromatic carbocycles. The third-order valence-corrected chi connectivity index (χ3v) is 3.32. The van der Waals surface area contributed by atoms with E-state index in [1.54, 1.807) is 11.8 Å². The summed E-state index contributed by atoms with van der Waals surface area (Å²) in [6.45, 7) is 2.12. The van der Waals surface area contributed by atoms with Gasteiger partial charge in [0.1, 0.15) is 0 Å². The summed E-state index contributed by atoms with van der Waals surface area (Å²) in [4.78, 5) is 1.21. The maximum Gasteiger partial charge on any atom is 0.0417 e. The van der Waals surface area contributed by atoms with Crippen LogP contribution in [-0.2, 0) is 0 Å². The Balaban J connectivity index is 2.93. The van der Waals surface area contributed by atoms with E-state index in [2.05, 4.69) is 22.9 Å². The standard InChI is InChI=1S/C8H8BrClS/c1-2-11-8-5-6(10)3-4-7(8)9/h3-5H,2H2,1H3. The van der Waals surface area contributed by atoms with E-state index < -0.39 is 0 Å². The Morgan fingerprint density at radius 3 is 2.91 bits per heavy atom. The number of hydrogen-bond donors (Lipinski definition) is 0. The molecule has 0 amide bonds. The molecule has 1 aromatic rings. The summed E-state index contributed by atoms with van der Waals surface area (Å²) in [6.07, 6.45) is 0. The van der Waals surface area contributed by atoms with Crippen LogP contribution < -0.4 is 0 Å². The zero-order chi connectivity index (χ0) is 8.27. The molecule has 0 atom stereocenters. The van der Waals surface area contributed by atoms with Gasteiger partial charge in [-0.15, -0.1) is 11.8 Å². The third-order valence-electron chi connectivity index (χ3n) is 1.19. The van der Waals surface area contributed by atoms with Gasteiger partial charge in [0.2, 0.25) is 0 Å². The van der Waals surface area contributed by atoms with Gasteiger partial charge in [0.15, 0.2) is 0 Å². The Bertz CT molecular complexity index is 250. The number of rotatable bonds is 2. The average Bonchev–Trinajstić information content (AvgIpc) is 1.98. The van der Waals surface area contributed by atoms with E-state index >= 15 is 0 Å². The highest BCUT2D eigenvalue weighted by atomic mass is 79.9. The number of benzene rings is 1. The number of hydrogen-bond acceptors (Lipinski definition) is 1. The highest BCUT2D eigenvalue weighted by Gasteiger charge is 1.98. The lowest BCUT2D eigenvalue weighted by Crippen LogP contribution is -1.75. The fourth-order valence-electron chi connectivity index (χ4n) is 0.743. The average molecular weight is 252 g/mol. The molecule has 0 radical (unpaired) electrons. The van der Waals surface area contributed by atoms with Gasteiger partial charge in [-0.3, -0.25) is 0 Å². The van der Waals surface area contributed by atoms with Crippen molar-refractivity contribution in [2.75, 3.05) is 5.75 Å². The van der Waals surface area contributed by atoms with Gasteiger partial charge in [0.05, 0.1) is 0 Å². The lowest BCUT2D eigenvalue weighted by Gasteiger charge is -2.01. The van der Waals surface area contributed by atoms with Crippen molar-refractivity contribution in [3.63, 3.8) is 0 Å². The third kappa shape index (κ3) is 2.69. The molecular formula is C8H8BrClS. The van der Waals surface area contributed by atoms with Gasteiger partial charge < -0.3 is 0 Å². The minimum atomic E-state index is 0.796. The summed E-state index contributed by atoms with van der Waals surface area (Å²) in [6, 6.07) is 5.82. The summed E-state index contributed by atoms with van der Waals surface area (Å²) in [5.41, 5.74) is 0. The van der Waals surface area contributed by atoms with Crippen LogP contribution in [0.15, 0.2) is 27.6 Å². The Kier molecular flexibility index (Phi) is 3.76. The van der Waals surface area contributed by atoms with Crippen LogP contribution in [0, 0.1) is 0 Å². The second kappa shape index (κ2) is 4.39. The van der Waals surface area contributed by atoms with Crippen LogP contribution in [0.5, 0.6) is 0 Å². The van der Waals surface area contributed by atoms with Gasteiger partial charge in [0, 0.05) is 14.4 Å². The van der Waals surface area contributed by atoms with Crippen LogP contribution in [-0.4, -0.2) is 5.75 Å². The number of thioether (sulfide) groups is 1. The summed E-state index contributed by atoms with van der Waals surface area (Å²) >= 11 is 11.1. The molecule has 11 heavy (non-hydrogen) atoms. The Morgan fingerprint density at radius 1 is 1.55 bits per heavy atom. The van der Waals surface area contributed by atoms with Gasteiger partial charge in [-0.05, 0) is 39.9 Å². The molecule has 0 saturated carbocycles. The van der Waals surface area contributed by atoms with Crippen LogP contribution in [0.25, 0.3) is 0 Å². The van der Waals surface area contributed by atoms with Crippen molar-refractivity contribution in [1.29, 1.82) is 0 Å². The van der Waals surface area contributed by atoms with Crippen molar-refractivity contribution in [3.8, 4) is 0 Å². The lowest BCUT2D eigenvalue weighted by molar-refractivity contribution is 1.39. The van der Waals surface area contributed by atoms with Crippen molar-refractivity contribution in [1.82, 2.24) is 0 Å². The molecule has 0 N–H and O–H groups in total. The fraction of sp³-hybridized carbons (Fsp3) is 0.250. The summed E-state index contributed by atoms with van der Waals surface area (Å²) in [5, 5.41) is 0.796. The predicted octanol–water partition coefficient (Wildman–Crippen LogP) is 4.21. The number of halogens is 2. The van der Waals surface area contributed by atoms with E-state index in [0.717, 1.165) is 15.2 Å². The lowest BCUT2D eigenvalue weighted by atomic mass is 10.4. The first-order valence-corrected chi connectivity index (χ1v) is 5.47. The van der Waals surface area contributed by atoms with Crippen molar-refractivity contribution < 1.29 is 0 Å². The van der Waals surface area contributed by atoms with Crippen LogP contribution in [0.3, 0.4) is 0 Å². The SMILES string of the molecule is CCSc1cc(Cl)ccc1Br. The van der Waals surface area contributed by atoms with E-state index in [0.29, 0.717) is 0 Å². The van der Waals surface area contributed by atoms with E-state index in [1.807, 2.05) is 18.2 Å². The highest BCUT2D eigenvalue weighted by molar-refractivity contribution is 9.10. The normalized spacial score (nSPS) is 10.1. The molecule has 0 aliphatic rings. The highest BCUT2D eigenvalue weighted by Crippen LogP contribution is 2.29. The van der Waals surface area contributed by atoms with E-state index in [4.69, 9.17) is 11.6 Å². The summed E-state index contributed by atoms with van der Waals surface area (Å²) in [7, 11) is 0. The van der Waals surface area contributed by atoms with Crippen molar-refractivity contribution in [3.05, 3.63) is 27.7 Å². The van der Waals surface area contributed by atoms with Crippen LogP contribution in [0.4, 0.5) is 0 Å². The largest absolute Gasteiger partial charge is 0.125 e. The van der Waals surface area contributed by atoms with Crippen molar-refractivity contribution in [2.24, 2.45) is 0 Å². The quantitative estimate of drug-likeness (QED) is 0.710. The molecule has 0 spiro atoms. The molecule has 0 aliphatic carbocycles. The minimum absolute atomic E-state index is 0.796. The van der Waals surface area contributed by atoms with E-state index in [-0.39, 0.29) is 0 Å². The zero-order valence-electron chi connectivity index (χ0n) is 6.10. The van der Waals surface area contributed by atoms with Gasteiger partial charge >= 0.3 is 0 Å². The second-order valence-electron chi connectivity index (χ2n) is 2.01. The van der Waals surface area contributed by atoms with E-state index in [1.165, 1.54) is 4.90 Å². The Labute approximate surface area is 84.5 Å². The molecule has 60 valence electrons. The molecule has 0 aromatic heterocycles. The van der Waals surface area contributed by atoms with Crippen LogP contribution in [0.2, 0.25) is 5.02 Å². The zero-order valence-corrected chi connectivity index (χ0v) is 9.26. The molecule has 3 heteroatoms. The van der Waals surface area contributed by atoms with Gasteiger partial charge in [0.25, 0.3) is 0 Å². The Morgan fingerprint density at radius 2 is 2.27 bits per heavy atom. The van der Waals surface area contributed by atoms with Gasteiger partial charge in [-0.2, -0.15) is 0 Å². The molecule has 0 unspecified atom stereocenters. The smallest absolute Gasteiger partial charge is 0.0417 e. The van der Waals surface area contributed by atoms with Crippen LogP contribution >= 0.6 is 39.3 Å².